The number of hydrogen-bond donors (Lipinski definition) is 2. The van der Waals surface area contributed by atoms with Gasteiger partial charge in [-0.05, 0) is 52.8 Å². The van der Waals surface area contributed by atoms with Crippen molar-refractivity contribution in [3.63, 3.8) is 0 Å². The van der Waals surface area contributed by atoms with Crippen LogP contribution >= 0.6 is 39.7 Å². The molecule has 0 saturated heterocycles. The van der Waals surface area contributed by atoms with E-state index in [9.17, 15) is 4.39 Å². The summed E-state index contributed by atoms with van der Waals surface area (Å²) >= 11 is 14.4. The first-order valence-corrected chi connectivity index (χ1v) is 7.61. The van der Waals surface area contributed by atoms with Crippen molar-refractivity contribution in [2.24, 2.45) is 0 Å². The summed E-state index contributed by atoms with van der Waals surface area (Å²) in [6.45, 7) is 0.449. The first-order chi connectivity index (χ1) is 10.1. The van der Waals surface area contributed by atoms with E-state index in [1.807, 2.05) is 0 Å². The van der Waals surface area contributed by atoms with Crippen LogP contribution in [-0.4, -0.2) is 21.9 Å². The van der Waals surface area contributed by atoms with Gasteiger partial charge in [-0.3, -0.25) is 0 Å². The van der Waals surface area contributed by atoms with Gasteiger partial charge in [0.1, 0.15) is 5.82 Å². The Kier molecular flexibility index (Phi) is 5.84. The van der Waals surface area contributed by atoms with E-state index in [0.29, 0.717) is 34.5 Å². The topological polar surface area (TPSA) is 49.8 Å². The Morgan fingerprint density at radius 1 is 1.38 bits per heavy atom. The molecule has 0 amide bonds. The van der Waals surface area contributed by atoms with Crippen molar-refractivity contribution >= 4 is 50.7 Å². The molecule has 0 aliphatic rings. The van der Waals surface area contributed by atoms with Gasteiger partial charge in [-0.1, -0.05) is 17.7 Å². The molecule has 0 aliphatic carbocycles. The molecule has 2 rings (SSSR count). The molecule has 0 radical (unpaired) electrons. The third kappa shape index (κ3) is 4.59. The molecule has 2 aromatic rings. The zero-order valence-corrected chi connectivity index (χ0v) is 13.9. The van der Waals surface area contributed by atoms with E-state index in [0.717, 1.165) is 4.47 Å². The summed E-state index contributed by atoms with van der Waals surface area (Å²) in [6, 6.07) is 6.37. The lowest BCUT2D eigenvalue weighted by molar-refractivity contribution is 0.607. The maximum absolute atomic E-state index is 13.6. The zero-order valence-electron chi connectivity index (χ0n) is 10.7. The lowest BCUT2D eigenvalue weighted by Crippen LogP contribution is -2.30. The molecule has 8 heteroatoms. The van der Waals surface area contributed by atoms with Crippen molar-refractivity contribution in [2.75, 3.05) is 11.9 Å². The highest BCUT2D eigenvalue weighted by molar-refractivity contribution is 9.10. The van der Waals surface area contributed by atoms with Crippen molar-refractivity contribution in [1.82, 2.24) is 15.5 Å². The molecule has 0 atom stereocenters. The molecule has 0 bridgehead atoms. The van der Waals surface area contributed by atoms with Gasteiger partial charge < -0.3 is 10.6 Å². The van der Waals surface area contributed by atoms with Gasteiger partial charge in [-0.2, -0.15) is 5.10 Å². The number of thiocarbonyl (C=S) groups is 1. The highest BCUT2D eigenvalue weighted by Crippen LogP contribution is 2.19. The fourth-order valence-electron chi connectivity index (χ4n) is 1.63. The van der Waals surface area contributed by atoms with Gasteiger partial charge in [0.2, 0.25) is 0 Å². The molecule has 1 aromatic heterocycles. The second-order valence-electron chi connectivity index (χ2n) is 4.06. The monoisotopic (exact) mass is 388 g/mol. The number of rotatable bonds is 4. The standard InChI is InChI=1S/C13H11BrClFN4S/c14-9-5-7-18-20-12(9)19-13(21)17-6-4-8-10(15)2-1-3-11(8)16/h1-3,5,7H,4,6H2,(H2,17,19,20,21). The van der Waals surface area contributed by atoms with Crippen molar-refractivity contribution in [3.8, 4) is 0 Å². The molecule has 0 saturated carbocycles. The molecule has 110 valence electrons. The van der Waals surface area contributed by atoms with E-state index >= 15 is 0 Å². The smallest absolute Gasteiger partial charge is 0.172 e. The summed E-state index contributed by atoms with van der Waals surface area (Å²) in [7, 11) is 0. The van der Waals surface area contributed by atoms with Crippen molar-refractivity contribution in [2.45, 2.75) is 6.42 Å². The Labute approximate surface area is 140 Å². The molecule has 1 heterocycles. The number of nitrogens with one attached hydrogen (secondary N) is 2. The summed E-state index contributed by atoms with van der Waals surface area (Å²) in [6.07, 6.45) is 1.99. The quantitative estimate of drug-likeness (QED) is 0.783. The fourth-order valence-corrected chi connectivity index (χ4v) is 2.38. The van der Waals surface area contributed by atoms with Gasteiger partial charge in [0.15, 0.2) is 10.9 Å². The molecular formula is C13H11BrClFN4S. The average molecular weight is 390 g/mol. The number of aromatic nitrogens is 2. The summed E-state index contributed by atoms with van der Waals surface area (Å²) < 4.78 is 14.3. The van der Waals surface area contributed by atoms with E-state index in [1.165, 1.54) is 6.07 Å². The lowest BCUT2D eigenvalue weighted by Gasteiger charge is -2.11. The van der Waals surface area contributed by atoms with Crippen molar-refractivity contribution < 1.29 is 4.39 Å². The number of hydrogen-bond acceptors (Lipinski definition) is 3. The first-order valence-electron chi connectivity index (χ1n) is 6.03. The number of benzene rings is 1. The highest BCUT2D eigenvalue weighted by Gasteiger charge is 2.07. The van der Waals surface area contributed by atoms with Crippen LogP contribution in [0, 0.1) is 5.82 Å². The summed E-state index contributed by atoms with van der Waals surface area (Å²) in [5.74, 6) is 0.193. The van der Waals surface area contributed by atoms with Gasteiger partial charge in [-0.25, -0.2) is 4.39 Å². The van der Waals surface area contributed by atoms with Crippen LogP contribution in [0.2, 0.25) is 5.02 Å². The minimum Gasteiger partial charge on any atom is -0.362 e. The molecule has 0 aliphatic heterocycles. The number of anilines is 1. The second-order valence-corrected chi connectivity index (χ2v) is 5.73. The van der Waals surface area contributed by atoms with Crippen LogP contribution in [0.3, 0.4) is 0 Å². The van der Waals surface area contributed by atoms with E-state index < -0.39 is 0 Å². The Bertz CT molecular complexity index is 636. The van der Waals surface area contributed by atoms with Crippen molar-refractivity contribution in [1.29, 1.82) is 0 Å². The summed E-state index contributed by atoms with van der Waals surface area (Å²) in [5.41, 5.74) is 0.468. The molecule has 1 aromatic carbocycles. The molecule has 2 N–H and O–H groups in total. The van der Waals surface area contributed by atoms with E-state index in [4.69, 9.17) is 23.8 Å². The normalized spacial score (nSPS) is 10.2. The van der Waals surface area contributed by atoms with Crippen LogP contribution in [-0.2, 0) is 6.42 Å². The predicted molar refractivity (Wildman–Crippen MR) is 89.1 cm³/mol. The van der Waals surface area contributed by atoms with Crippen LogP contribution in [0.4, 0.5) is 10.2 Å². The predicted octanol–water partition coefficient (Wildman–Crippen LogP) is 3.56. The van der Waals surface area contributed by atoms with E-state index in [2.05, 4.69) is 36.8 Å². The zero-order chi connectivity index (χ0) is 15.2. The average Bonchev–Trinajstić information content (AvgIpc) is 2.45. The van der Waals surface area contributed by atoms with Gasteiger partial charge in [0, 0.05) is 17.1 Å². The molecule has 0 fully saturated rings. The minimum absolute atomic E-state index is 0.320. The van der Waals surface area contributed by atoms with Crippen LogP contribution in [0.25, 0.3) is 0 Å². The van der Waals surface area contributed by atoms with Gasteiger partial charge >= 0.3 is 0 Å². The third-order valence-corrected chi connectivity index (χ3v) is 3.87. The van der Waals surface area contributed by atoms with Crippen LogP contribution in [0.15, 0.2) is 34.9 Å². The summed E-state index contributed by atoms with van der Waals surface area (Å²) in [5, 5.41) is 14.3. The molecular weight excluding hydrogens is 379 g/mol. The van der Waals surface area contributed by atoms with E-state index in [-0.39, 0.29) is 5.82 Å². The Morgan fingerprint density at radius 3 is 2.90 bits per heavy atom. The van der Waals surface area contributed by atoms with Crippen LogP contribution < -0.4 is 10.6 Å². The van der Waals surface area contributed by atoms with E-state index in [1.54, 1.807) is 24.4 Å². The molecule has 4 nitrogen and oxygen atoms in total. The second kappa shape index (κ2) is 7.63. The third-order valence-electron chi connectivity index (χ3n) is 2.63. The molecule has 21 heavy (non-hydrogen) atoms. The Morgan fingerprint density at radius 2 is 2.19 bits per heavy atom. The van der Waals surface area contributed by atoms with Gasteiger partial charge in [0.05, 0.1) is 10.7 Å². The maximum Gasteiger partial charge on any atom is 0.172 e. The Hall–Kier alpha value is -1.31. The van der Waals surface area contributed by atoms with Crippen LogP contribution in [0.1, 0.15) is 5.56 Å². The van der Waals surface area contributed by atoms with Crippen LogP contribution in [0.5, 0.6) is 0 Å². The molecule has 0 spiro atoms. The largest absolute Gasteiger partial charge is 0.362 e. The van der Waals surface area contributed by atoms with Gasteiger partial charge in [-0.15, -0.1) is 5.10 Å². The number of nitrogens with zero attached hydrogens (tertiary/aromatic N) is 2. The maximum atomic E-state index is 13.6. The fraction of sp³-hybridized carbons (Fsp3) is 0.154. The van der Waals surface area contributed by atoms with Gasteiger partial charge in [0.25, 0.3) is 0 Å². The number of halogens is 3. The lowest BCUT2D eigenvalue weighted by atomic mass is 10.1. The first kappa shape index (κ1) is 16.1. The SMILES string of the molecule is Fc1cccc(Cl)c1CCNC(=S)Nc1nnccc1Br. The van der Waals surface area contributed by atoms with Crippen molar-refractivity contribution in [3.05, 3.63) is 51.3 Å². The highest BCUT2D eigenvalue weighted by atomic mass is 79.9. The molecule has 0 unspecified atom stereocenters. The Balaban J connectivity index is 1.86. The minimum atomic E-state index is -0.320. The summed E-state index contributed by atoms with van der Waals surface area (Å²) in [4.78, 5) is 0.